The molecule has 1 saturated carbocycles. The predicted octanol–water partition coefficient (Wildman–Crippen LogP) is 4.76. The first-order valence-corrected chi connectivity index (χ1v) is 7.71. The summed E-state index contributed by atoms with van der Waals surface area (Å²) in [5.41, 5.74) is 1.76. The molecule has 0 heterocycles. The van der Waals surface area contributed by atoms with Crippen LogP contribution >= 0.6 is 0 Å². The number of hydrogen-bond acceptors (Lipinski definition) is 1. The quantitative estimate of drug-likeness (QED) is 0.861. The Kier molecular flexibility index (Phi) is 4.07. The lowest BCUT2D eigenvalue weighted by Gasteiger charge is -2.42. The SMILES string of the molecule is OC(c1ccc(F)cc1)C1(c2ccccc2)CCCCC1. The first-order chi connectivity index (χ1) is 10.2. The Hall–Kier alpha value is -1.67. The van der Waals surface area contributed by atoms with Crippen LogP contribution in [0.3, 0.4) is 0 Å². The van der Waals surface area contributed by atoms with Crippen molar-refractivity contribution < 1.29 is 9.50 Å². The van der Waals surface area contributed by atoms with Crippen molar-refractivity contribution in [2.24, 2.45) is 0 Å². The normalized spacial score (nSPS) is 19.1. The number of aliphatic hydroxyl groups excluding tert-OH is 1. The Morgan fingerprint density at radius 3 is 2.10 bits per heavy atom. The van der Waals surface area contributed by atoms with Crippen LogP contribution < -0.4 is 0 Å². The average Bonchev–Trinajstić information content (AvgIpc) is 2.56. The minimum absolute atomic E-state index is 0.239. The van der Waals surface area contributed by atoms with E-state index in [9.17, 15) is 9.50 Å². The van der Waals surface area contributed by atoms with E-state index in [2.05, 4.69) is 12.1 Å². The Labute approximate surface area is 125 Å². The summed E-state index contributed by atoms with van der Waals surface area (Å²) in [5, 5.41) is 11.0. The van der Waals surface area contributed by atoms with Crippen LogP contribution in [0.2, 0.25) is 0 Å². The molecule has 0 saturated heterocycles. The van der Waals surface area contributed by atoms with Gasteiger partial charge in [-0.2, -0.15) is 0 Å². The fraction of sp³-hybridized carbons (Fsp3) is 0.368. The molecule has 2 heteroatoms. The summed E-state index contributed by atoms with van der Waals surface area (Å²) in [6, 6.07) is 16.6. The second kappa shape index (κ2) is 5.98. The predicted molar refractivity (Wildman–Crippen MR) is 82.6 cm³/mol. The average molecular weight is 284 g/mol. The molecule has 21 heavy (non-hydrogen) atoms. The van der Waals surface area contributed by atoms with Gasteiger partial charge in [0.25, 0.3) is 0 Å². The molecule has 1 atom stereocenters. The van der Waals surface area contributed by atoms with Crippen LogP contribution in [-0.4, -0.2) is 5.11 Å². The highest BCUT2D eigenvalue weighted by atomic mass is 19.1. The number of rotatable bonds is 3. The summed E-state index contributed by atoms with van der Waals surface area (Å²) in [6.45, 7) is 0. The van der Waals surface area contributed by atoms with E-state index < -0.39 is 6.10 Å². The zero-order valence-corrected chi connectivity index (χ0v) is 12.1. The number of hydrogen-bond donors (Lipinski definition) is 1. The van der Waals surface area contributed by atoms with E-state index in [0.717, 1.165) is 31.2 Å². The largest absolute Gasteiger partial charge is 0.387 e. The van der Waals surface area contributed by atoms with Crippen molar-refractivity contribution in [1.82, 2.24) is 0 Å². The van der Waals surface area contributed by atoms with E-state index in [-0.39, 0.29) is 11.2 Å². The van der Waals surface area contributed by atoms with Crippen molar-refractivity contribution in [3.8, 4) is 0 Å². The highest BCUT2D eigenvalue weighted by Crippen LogP contribution is 2.48. The topological polar surface area (TPSA) is 20.2 Å². The molecule has 0 radical (unpaired) electrons. The van der Waals surface area contributed by atoms with Gasteiger partial charge in [-0.1, -0.05) is 61.7 Å². The summed E-state index contributed by atoms with van der Waals surface area (Å²) in [6.07, 6.45) is 4.87. The highest BCUT2D eigenvalue weighted by molar-refractivity contribution is 5.32. The standard InChI is InChI=1S/C19H21FO/c20-17-11-9-15(10-12-17)18(21)19(13-5-2-6-14-19)16-7-3-1-4-8-16/h1,3-4,7-12,18,21H,2,5-6,13-14H2. The lowest BCUT2D eigenvalue weighted by atomic mass is 9.64. The third-order valence-electron chi connectivity index (χ3n) is 4.80. The first kappa shape index (κ1) is 14.3. The van der Waals surface area contributed by atoms with E-state index in [1.54, 1.807) is 12.1 Å². The third kappa shape index (κ3) is 2.73. The van der Waals surface area contributed by atoms with Gasteiger partial charge in [0, 0.05) is 5.41 Å². The molecule has 3 rings (SSSR count). The van der Waals surface area contributed by atoms with Gasteiger partial charge in [0.1, 0.15) is 5.82 Å². The zero-order valence-electron chi connectivity index (χ0n) is 12.1. The molecule has 2 aromatic carbocycles. The molecule has 1 fully saturated rings. The zero-order chi connectivity index (χ0) is 14.7. The Balaban J connectivity index is 2.01. The van der Waals surface area contributed by atoms with Crippen molar-refractivity contribution in [3.63, 3.8) is 0 Å². The summed E-state index contributed by atoms with van der Waals surface area (Å²) in [7, 11) is 0. The number of benzene rings is 2. The van der Waals surface area contributed by atoms with Gasteiger partial charge in [-0.05, 0) is 36.1 Å². The summed E-state index contributed by atoms with van der Waals surface area (Å²) in [4.78, 5) is 0. The van der Waals surface area contributed by atoms with Gasteiger partial charge in [0.2, 0.25) is 0 Å². The Morgan fingerprint density at radius 1 is 0.857 bits per heavy atom. The van der Waals surface area contributed by atoms with Crippen molar-refractivity contribution in [3.05, 3.63) is 71.5 Å². The molecule has 1 nitrogen and oxygen atoms in total. The smallest absolute Gasteiger partial charge is 0.123 e. The van der Waals surface area contributed by atoms with Crippen molar-refractivity contribution >= 4 is 0 Å². The summed E-state index contributed by atoms with van der Waals surface area (Å²) < 4.78 is 13.1. The Bertz CT molecular complexity index is 570. The van der Waals surface area contributed by atoms with Crippen LogP contribution in [0, 0.1) is 5.82 Å². The monoisotopic (exact) mass is 284 g/mol. The van der Waals surface area contributed by atoms with Crippen LogP contribution in [0.4, 0.5) is 4.39 Å². The van der Waals surface area contributed by atoms with E-state index in [0.29, 0.717) is 0 Å². The molecule has 0 spiro atoms. The lowest BCUT2D eigenvalue weighted by molar-refractivity contribution is 0.0527. The van der Waals surface area contributed by atoms with E-state index in [1.807, 2.05) is 18.2 Å². The van der Waals surface area contributed by atoms with Crippen LogP contribution in [0.1, 0.15) is 49.3 Å². The first-order valence-electron chi connectivity index (χ1n) is 7.71. The van der Waals surface area contributed by atoms with Gasteiger partial charge in [0.15, 0.2) is 0 Å². The fourth-order valence-corrected chi connectivity index (χ4v) is 3.64. The van der Waals surface area contributed by atoms with Gasteiger partial charge in [-0.25, -0.2) is 4.39 Å². The molecule has 2 aromatic rings. The van der Waals surface area contributed by atoms with Gasteiger partial charge in [-0.3, -0.25) is 0 Å². The third-order valence-corrected chi connectivity index (χ3v) is 4.80. The van der Waals surface area contributed by atoms with Gasteiger partial charge < -0.3 is 5.11 Å². The van der Waals surface area contributed by atoms with E-state index in [4.69, 9.17) is 0 Å². The van der Waals surface area contributed by atoms with E-state index in [1.165, 1.54) is 24.1 Å². The lowest BCUT2D eigenvalue weighted by Crippen LogP contribution is -2.36. The van der Waals surface area contributed by atoms with Gasteiger partial charge in [-0.15, -0.1) is 0 Å². The van der Waals surface area contributed by atoms with Crippen LogP contribution in [0.15, 0.2) is 54.6 Å². The molecule has 110 valence electrons. The summed E-state index contributed by atoms with van der Waals surface area (Å²) in [5.74, 6) is -0.261. The van der Waals surface area contributed by atoms with Gasteiger partial charge in [0.05, 0.1) is 6.10 Å². The number of aliphatic hydroxyl groups is 1. The molecule has 1 unspecified atom stereocenters. The minimum atomic E-state index is -0.583. The molecule has 0 aromatic heterocycles. The molecule has 1 aliphatic rings. The molecule has 0 bridgehead atoms. The fourth-order valence-electron chi connectivity index (χ4n) is 3.64. The molecule has 1 N–H and O–H groups in total. The van der Waals surface area contributed by atoms with Crippen molar-refractivity contribution in [2.75, 3.05) is 0 Å². The van der Waals surface area contributed by atoms with E-state index >= 15 is 0 Å². The summed E-state index contributed by atoms with van der Waals surface area (Å²) >= 11 is 0. The van der Waals surface area contributed by atoms with Crippen LogP contribution in [0.5, 0.6) is 0 Å². The maximum absolute atomic E-state index is 13.1. The van der Waals surface area contributed by atoms with Crippen LogP contribution in [-0.2, 0) is 5.41 Å². The Morgan fingerprint density at radius 2 is 1.48 bits per heavy atom. The number of halogens is 1. The minimum Gasteiger partial charge on any atom is -0.387 e. The molecule has 0 amide bonds. The molecular formula is C19H21FO. The second-order valence-corrected chi connectivity index (χ2v) is 6.04. The maximum atomic E-state index is 13.1. The van der Waals surface area contributed by atoms with Crippen molar-refractivity contribution in [1.29, 1.82) is 0 Å². The molecule has 1 aliphatic carbocycles. The highest BCUT2D eigenvalue weighted by Gasteiger charge is 2.41. The maximum Gasteiger partial charge on any atom is 0.123 e. The van der Waals surface area contributed by atoms with Crippen molar-refractivity contribution in [2.45, 2.75) is 43.6 Å². The second-order valence-electron chi connectivity index (χ2n) is 6.04. The molecule has 0 aliphatic heterocycles. The molecular weight excluding hydrogens is 263 g/mol. The van der Waals surface area contributed by atoms with Gasteiger partial charge >= 0.3 is 0 Å². The van der Waals surface area contributed by atoms with Crippen LogP contribution in [0.25, 0.3) is 0 Å².